The van der Waals surface area contributed by atoms with Gasteiger partial charge in [0.2, 0.25) is 5.91 Å². The Labute approximate surface area is 188 Å². The minimum Gasteiger partial charge on any atom is -0.493 e. The van der Waals surface area contributed by atoms with Gasteiger partial charge in [-0.2, -0.15) is 0 Å². The molecule has 4 N–H and O–H groups in total. The second-order valence-electron chi connectivity index (χ2n) is 8.05. The largest absolute Gasteiger partial charge is 0.493 e. The molecule has 2 heterocycles. The molecular weight excluding hydrogens is 406 g/mol. The summed E-state index contributed by atoms with van der Waals surface area (Å²) in [4.78, 5) is 20.5. The minimum absolute atomic E-state index is 0.0257. The zero-order valence-corrected chi connectivity index (χ0v) is 18.6. The standard InChI is InChI=1S/C24H31N5O3/c1-31-21-12-11-16(14-22(21)32-2)19-15-20(29-28-19)24(30)25-13-7-3-4-10-23-26-17-8-5-6-9-18(17)27-23/h5-6,8-9,11-12,14,19-20,28-29H,3-4,7,10,13,15H2,1-2H3,(H,25,30)(H,26,27). The molecule has 1 aliphatic heterocycles. The molecule has 32 heavy (non-hydrogen) atoms. The number of H-pyrrole nitrogens is 1. The van der Waals surface area contributed by atoms with E-state index in [0.717, 1.165) is 48.1 Å². The van der Waals surface area contributed by atoms with Crippen molar-refractivity contribution in [1.29, 1.82) is 0 Å². The van der Waals surface area contributed by atoms with Gasteiger partial charge < -0.3 is 19.8 Å². The molecule has 8 heteroatoms. The number of aromatic nitrogens is 2. The Kier molecular flexibility index (Phi) is 7.24. The fraction of sp³-hybridized carbons (Fsp3) is 0.417. The molecule has 2 unspecified atom stereocenters. The van der Waals surface area contributed by atoms with E-state index >= 15 is 0 Å². The van der Waals surface area contributed by atoms with E-state index < -0.39 is 0 Å². The number of fused-ring (bicyclic) bond motifs is 1. The molecule has 0 bridgehead atoms. The third-order valence-electron chi connectivity index (χ3n) is 5.86. The van der Waals surface area contributed by atoms with Crippen LogP contribution in [0.25, 0.3) is 11.0 Å². The summed E-state index contributed by atoms with van der Waals surface area (Å²) in [5, 5.41) is 3.05. The maximum Gasteiger partial charge on any atom is 0.238 e. The number of methoxy groups -OCH3 is 2. The smallest absolute Gasteiger partial charge is 0.238 e. The van der Waals surface area contributed by atoms with E-state index in [4.69, 9.17) is 9.47 Å². The maximum absolute atomic E-state index is 12.5. The zero-order valence-electron chi connectivity index (χ0n) is 18.6. The van der Waals surface area contributed by atoms with Gasteiger partial charge in [0.25, 0.3) is 0 Å². The van der Waals surface area contributed by atoms with Crippen molar-refractivity contribution >= 4 is 16.9 Å². The lowest BCUT2D eigenvalue weighted by molar-refractivity contribution is -0.122. The fourth-order valence-corrected chi connectivity index (χ4v) is 4.07. The van der Waals surface area contributed by atoms with Gasteiger partial charge in [0.05, 0.1) is 25.3 Å². The van der Waals surface area contributed by atoms with Crippen LogP contribution in [0.2, 0.25) is 0 Å². The van der Waals surface area contributed by atoms with Crippen LogP contribution in [0.3, 0.4) is 0 Å². The molecule has 0 aliphatic carbocycles. The van der Waals surface area contributed by atoms with Crippen LogP contribution in [-0.4, -0.2) is 42.7 Å². The summed E-state index contributed by atoms with van der Waals surface area (Å²) in [6.45, 7) is 0.679. The Balaban J connectivity index is 1.16. The average molecular weight is 438 g/mol. The Morgan fingerprint density at radius 1 is 1.06 bits per heavy atom. The van der Waals surface area contributed by atoms with Crippen LogP contribution in [0.15, 0.2) is 42.5 Å². The summed E-state index contributed by atoms with van der Waals surface area (Å²) in [5.41, 5.74) is 9.47. The quantitative estimate of drug-likeness (QED) is 0.364. The van der Waals surface area contributed by atoms with Crippen molar-refractivity contribution in [1.82, 2.24) is 26.1 Å². The average Bonchev–Trinajstić information content (AvgIpc) is 3.48. The van der Waals surface area contributed by atoms with Crippen molar-refractivity contribution in [3.8, 4) is 11.5 Å². The predicted molar refractivity (Wildman–Crippen MR) is 124 cm³/mol. The van der Waals surface area contributed by atoms with Gasteiger partial charge in [-0.25, -0.2) is 15.8 Å². The number of nitrogens with zero attached hydrogens (tertiary/aromatic N) is 1. The zero-order chi connectivity index (χ0) is 22.3. The first-order chi connectivity index (χ1) is 15.7. The van der Waals surface area contributed by atoms with Gasteiger partial charge in [-0.15, -0.1) is 0 Å². The van der Waals surface area contributed by atoms with E-state index in [2.05, 4.69) is 26.1 Å². The number of aromatic amines is 1. The van der Waals surface area contributed by atoms with Crippen molar-refractivity contribution in [2.75, 3.05) is 20.8 Å². The summed E-state index contributed by atoms with van der Waals surface area (Å²) in [7, 11) is 3.24. The van der Waals surface area contributed by atoms with Crippen molar-refractivity contribution in [2.24, 2.45) is 0 Å². The van der Waals surface area contributed by atoms with Crippen LogP contribution in [0, 0.1) is 0 Å². The van der Waals surface area contributed by atoms with Crippen LogP contribution in [-0.2, 0) is 11.2 Å². The topological polar surface area (TPSA) is 100 Å². The molecule has 1 amide bonds. The summed E-state index contributed by atoms with van der Waals surface area (Å²) in [6, 6.07) is 13.7. The number of unbranched alkanes of at least 4 members (excludes halogenated alkanes) is 2. The third-order valence-corrected chi connectivity index (χ3v) is 5.86. The summed E-state index contributed by atoms with van der Waals surface area (Å²) in [5.74, 6) is 2.43. The number of carbonyl (C=O) groups is 1. The fourth-order valence-electron chi connectivity index (χ4n) is 4.07. The molecule has 1 aliphatic rings. The van der Waals surface area contributed by atoms with Crippen LogP contribution in [0.1, 0.15) is 43.1 Å². The van der Waals surface area contributed by atoms with E-state index in [1.54, 1.807) is 14.2 Å². The second kappa shape index (κ2) is 10.5. The van der Waals surface area contributed by atoms with E-state index in [1.807, 2.05) is 42.5 Å². The number of hydrazine groups is 1. The lowest BCUT2D eigenvalue weighted by Crippen LogP contribution is -2.43. The first kappa shape index (κ1) is 22.1. The van der Waals surface area contributed by atoms with Crippen molar-refractivity contribution < 1.29 is 14.3 Å². The minimum atomic E-state index is -0.261. The van der Waals surface area contributed by atoms with E-state index in [1.165, 1.54) is 0 Å². The van der Waals surface area contributed by atoms with E-state index in [0.29, 0.717) is 24.5 Å². The highest BCUT2D eigenvalue weighted by Gasteiger charge is 2.30. The molecule has 0 saturated carbocycles. The van der Waals surface area contributed by atoms with Crippen molar-refractivity contribution in [3.05, 3.63) is 53.9 Å². The third kappa shape index (κ3) is 5.20. The van der Waals surface area contributed by atoms with Crippen LogP contribution in [0.4, 0.5) is 0 Å². The molecule has 1 fully saturated rings. The van der Waals surface area contributed by atoms with Gasteiger partial charge in [0.1, 0.15) is 11.9 Å². The van der Waals surface area contributed by atoms with E-state index in [-0.39, 0.29) is 18.0 Å². The van der Waals surface area contributed by atoms with Crippen LogP contribution in [0.5, 0.6) is 11.5 Å². The van der Waals surface area contributed by atoms with Gasteiger partial charge in [-0.05, 0) is 49.1 Å². The molecule has 2 atom stereocenters. The number of nitrogens with one attached hydrogen (secondary N) is 4. The molecule has 170 valence electrons. The summed E-state index contributed by atoms with van der Waals surface area (Å²) < 4.78 is 10.7. The number of hydrogen-bond donors (Lipinski definition) is 4. The molecule has 1 saturated heterocycles. The molecule has 4 rings (SSSR count). The number of amides is 1. The molecule has 8 nitrogen and oxygen atoms in total. The number of benzene rings is 2. The van der Waals surface area contributed by atoms with Gasteiger partial charge >= 0.3 is 0 Å². The highest BCUT2D eigenvalue weighted by Crippen LogP contribution is 2.32. The number of imidazole rings is 1. The van der Waals surface area contributed by atoms with Gasteiger partial charge in [-0.1, -0.05) is 24.6 Å². The normalized spacial score (nSPS) is 18.1. The number of rotatable bonds is 10. The van der Waals surface area contributed by atoms with Crippen molar-refractivity contribution in [2.45, 2.75) is 44.2 Å². The van der Waals surface area contributed by atoms with Gasteiger partial charge in [-0.3, -0.25) is 4.79 Å². The summed E-state index contributed by atoms with van der Waals surface area (Å²) >= 11 is 0. The van der Waals surface area contributed by atoms with E-state index in [9.17, 15) is 4.79 Å². The van der Waals surface area contributed by atoms with Gasteiger partial charge in [0.15, 0.2) is 11.5 Å². The Hall–Kier alpha value is -3.10. The predicted octanol–water partition coefficient (Wildman–Crippen LogP) is 3.02. The lowest BCUT2D eigenvalue weighted by Gasteiger charge is -2.13. The lowest BCUT2D eigenvalue weighted by atomic mass is 10.0. The number of aryl methyl sites for hydroxylation is 1. The first-order valence-corrected chi connectivity index (χ1v) is 11.1. The molecular formula is C24H31N5O3. The number of para-hydroxylation sites is 2. The Morgan fingerprint density at radius 3 is 2.72 bits per heavy atom. The summed E-state index contributed by atoms with van der Waals surface area (Å²) in [6.07, 6.45) is 4.63. The number of carbonyl (C=O) groups excluding carboxylic acids is 1. The molecule has 3 aromatic rings. The highest BCUT2D eigenvalue weighted by molar-refractivity contribution is 5.82. The molecule has 2 aromatic carbocycles. The highest BCUT2D eigenvalue weighted by atomic mass is 16.5. The van der Waals surface area contributed by atoms with Gasteiger partial charge in [0, 0.05) is 19.0 Å². The van der Waals surface area contributed by atoms with Crippen LogP contribution >= 0.6 is 0 Å². The number of ether oxygens (including phenoxy) is 2. The SMILES string of the molecule is COc1ccc(C2CC(C(=O)NCCCCCc3nc4ccccc4[nH]3)NN2)cc1OC. The first-order valence-electron chi connectivity index (χ1n) is 11.1. The molecule has 0 spiro atoms. The maximum atomic E-state index is 12.5. The Bertz CT molecular complexity index is 1020. The molecule has 0 radical (unpaired) electrons. The number of hydrogen-bond acceptors (Lipinski definition) is 6. The second-order valence-corrected chi connectivity index (χ2v) is 8.05. The monoisotopic (exact) mass is 437 g/mol. The van der Waals surface area contributed by atoms with Crippen LogP contribution < -0.4 is 25.6 Å². The van der Waals surface area contributed by atoms with Crippen molar-refractivity contribution in [3.63, 3.8) is 0 Å². The Morgan fingerprint density at radius 2 is 1.91 bits per heavy atom. The molecule has 1 aromatic heterocycles.